The van der Waals surface area contributed by atoms with Crippen LogP contribution in [-0.4, -0.2) is 19.8 Å². The van der Waals surface area contributed by atoms with Crippen molar-refractivity contribution < 1.29 is 8.42 Å². The van der Waals surface area contributed by atoms with Crippen LogP contribution < -0.4 is 5.73 Å². The standard InChI is InChI=1S/C2H6N2O2S/c1-7(5,6)2(3)4/h1H3,(H3,3,4). The first kappa shape index (κ1) is 6.42. The molecule has 0 aliphatic rings. The third kappa shape index (κ3) is 2.16. The quantitative estimate of drug-likeness (QED) is 0.317. The summed E-state index contributed by atoms with van der Waals surface area (Å²) in [7, 11) is -3.38. The van der Waals surface area contributed by atoms with Gasteiger partial charge in [-0.2, -0.15) is 0 Å². The first-order valence-corrected chi connectivity index (χ1v) is 3.38. The molecule has 0 bridgehead atoms. The van der Waals surface area contributed by atoms with Gasteiger partial charge >= 0.3 is 0 Å². The van der Waals surface area contributed by atoms with E-state index in [-0.39, 0.29) is 0 Å². The Morgan fingerprint density at radius 3 is 1.86 bits per heavy atom. The monoisotopic (exact) mass is 122 g/mol. The molecular formula is C2H6N2O2S. The lowest BCUT2D eigenvalue weighted by Crippen LogP contribution is -2.20. The highest BCUT2D eigenvalue weighted by molar-refractivity contribution is 8.05. The fraction of sp³-hybridized carbons (Fsp3) is 0.500. The van der Waals surface area contributed by atoms with Crippen LogP contribution in [0.15, 0.2) is 0 Å². The zero-order valence-electron chi connectivity index (χ0n) is 3.80. The largest absolute Gasteiger partial charge is 0.375 e. The number of nitrogens with one attached hydrogen (secondary N) is 1. The Morgan fingerprint density at radius 2 is 1.86 bits per heavy atom. The third-order valence-corrected chi connectivity index (χ3v) is 1.20. The summed E-state index contributed by atoms with van der Waals surface area (Å²) < 4.78 is 20.0. The van der Waals surface area contributed by atoms with Crippen LogP contribution in [0.25, 0.3) is 0 Å². The van der Waals surface area contributed by atoms with Gasteiger partial charge in [-0.05, 0) is 0 Å². The number of rotatable bonds is 0. The highest BCUT2D eigenvalue weighted by atomic mass is 32.2. The molecular weight excluding hydrogens is 116 g/mol. The second-order valence-corrected chi connectivity index (χ2v) is 3.12. The zero-order chi connectivity index (χ0) is 6.08. The molecule has 5 heteroatoms. The predicted octanol–water partition coefficient (Wildman–Crippen LogP) is -1.08. The second kappa shape index (κ2) is 1.49. The summed E-state index contributed by atoms with van der Waals surface area (Å²) in [5.74, 6) is 0. The lowest BCUT2D eigenvalue weighted by Gasteiger charge is -1.86. The molecule has 0 aromatic heterocycles. The Hall–Kier alpha value is -0.580. The molecule has 0 radical (unpaired) electrons. The molecule has 7 heavy (non-hydrogen) atoms. The van der Waals surface area contributed by atoms with E-state index in [1.165, 1.54) is 0 Å². The minimum Gasteiger partial charge on any atom is -0.375 e. The number of hydrogen-bond acceptors (Lipinski definition) is 3. The number of sulfone groups is 1. The van der Waals surface area contributed by atoms with Crippen molar-refractivity contribution in [1.29, 1.82) is 5.41 Å². The van der Waals surface area contributed by atoms with Crippen LogP contribution in [0, 0.1) is 5.41 Å². The van der Waals surface area contributed by atoms with Crippen LogP contribution >= 0.6 is 0 Å². The topological polar surface area (TPSA) is 84.0 Å². The van der Waals surface area contributed by atoms with Crippen molar-refractivity contribution in [2.45, 2.75) is 0 Å². The maximum atomic E-state index is 9.98. The number of nitrogens with two attached hydrogens (primary N) is 1. The van der Waals surface area contributed by atoms with Crippen LogP contribution in [0.5, 0.6) is 0 Å². The van der Waals surface area contributed by atoms with Crippen LogP contribution in [0.1, 0.15) is 0 Å². The van der Waals surface area contributed by atoms with Crippen LogP contribution in [-0.2, 0) is 9.84 Å². The number of amidine groups is 1. The minimum atomic E-state index is -3.38. The van der Waals surface area contributed by atoms with Crippen molar-refractivity contribution in [3.8, 4) is 0 Å². The van der Waals surface area contributed by atoms with E-state index in [1.807, 2.05) is 0 Å². The molecule has 0 saturated carbocycles. The maximum Gasteiger partial charge on any atom is 0.210 e. The fourth-order valence-electron chi connectivity index (χ4n) is 0. The summed E-state index contributed by atoms with van der Waals surface area (Å²) in [6, 6.07) is 0. The van der Waals surface area contributed by atoms with E-state index < -0.39 is 15.0 Å². The second-order valence-electron chi connectivity index (χ2n) is 1.14. The normalized spacial score (nSPS) is 11.0. The fourth-order valence-corrected chi connectivity index (χ4v) is 0. The molecule has 0 amide bonds. The van der Waals surface area contributed by atoms with Gasteiger partial charge in [-0.1, -0.05) is 0 Å². The van der Waals surface area contributed by atoms with Gasteiger partial charge in [-0.15, -0.1) is 0 Å². The summed E-state index contributed by atoms with van der Waals surface area (Å²) in [5, 5.41) is 5.55. The maximum absolute atomic E-state index is 9.98. The van der Waals surface area contributed by atoms with E-state index in [2.05, 4.69) is 5.73 Å². The molecule has 4 nitrogen and oxygen atoms in total. The van der Waals surface area contributed by atoms with Gasteiger partial charge in [-0.25, -0.2) is 8.42 Å². The first-order chi connectivity index (χ1) is 2.94. The van der Waals surface area contributed by atoms with Crippen molar-refractivity contribution in [2.75, 3.05) is 6.26 Å². The molecule has 0 spiro atoms. The smallest absolute Gasteiger partial charge is 0.210 e. The Bertz CT molecular complexity index is 168. The summed E-state index contributed by atoms with van der Waals surface area (Å²) in [4.78, 5) is 0. The molecule has 0 unspecified atom stereocenters. The Balaban J connectivity index is 4.43. The van der Waals surface area contributed by atoms with E-state index in [9.17, 15) is 8.42 Å². The lowest BCUT2D eigenvalue weighted by atomic mass is 11.4. The van der Waals surface area contributed by atoms with Crippen molar-refractivity contribution >= 4 is 15.0 Å². The van der Waals surface area contributed by atoms with E-state index in [1.54, 1.807) is 0 Å². The summed E-state index contributed by atoms with van der Waals surface area (Å²) >= 11 is 0. The van der Waals surface area contributed by atoms with E-state index >= 15 is 0 Å². The molecule has 0 aliphatic carbocycles. The third-order valence-electron chi connectivity index (χ3n) is 0.399. The molecule has 0 fully saturated rings. The summed E-state index contributed by atoms with van der Waals surface area (Å²) in [6.45, 7) is 0. The lowest BCUT2D eigenvalue weighted by molar-refractivity contribution is 0.612. The average Bonchev–Trinajstić information content (AvgIpc) is 1.31. The molecule has 42 valence electrons. The summed E-state index contributed by atoms with van der Waals surface area (Å²) in [5.41, 5.74) is 4.56. The molecule has 0 heterocycles. The van der Waals surface area contributed by atoms with Gasteiger partial charge in [0.15, 0.2) is 0 Å². The predicted molar refractivity (Wildman–Crippen MR) is 26.8 cm³/mol. The molecule has 0 aromatic rings. The van der Waals surface area contributed by atoms with Gasteiger partial charge in [-0.3, -0.25) is 5.41 Å². The van der Waals surface area contributed by atoms with Crippen molar-refractivity contribution in [3.05, 3.63) is 0 Å². The van der Waals surface area contributed by atoms with Gasteiger partial charge in [0, 0.05) is 6.26 Å². The molecule has 0 rings (SSSR count). The van der Waals surface area contributed by atoms with Crippen LogP contribution in [0.2, 0.25) is 0 Å². The SMILES string of the molecule is CS(=O)(=O)C(=N)N. The highest BCUT2D eigenvalue weighted by Crippen LogP contribution is 1.74. The Morgan fingerprint density at radius 1 is 1.71 bits per heavy atom. The minimum absolute atomic E-state index is 0.785. The van der Waals surface area contributed by atoms with Gasteiger partial charge in [0.05, 0.1) is 0 Å². The van der Waals surface area contributed by atoms with Crippen molar-refractivity contribution in [1.82, 2.24) is 0 Å². The molecule has 0 aliphatic heterocycles. The van der Waals surface area contributed by atoms with Crippen LogP contribution in [0.4, 0.5) is 0 Å². The molecule has 3 N–H and O–H groups in total. The van der Waals surface area contributed by atoms with Crippen molar-refractivity contribution in [2.24, 2.45) is 5.73 Å². The highest BCUT2D eigenvalue weighted by Gasteiger charge is 2.02. The van der Waals surface area contributed by atoms with Gasteiger partial charge in [0.2, 0.25) is 15.0 Å². The average molecular weight is 122 g/mol. The van der Waals surface area contributed by atoms with E-state index in [4.69, 9.17) is 5.41 Å². The number of hydrogen-bond donors (Lipinski definition) is 2. The van der Waals surface area contributed by atoms with E-state index in [0.29, 0.717) is 0 Å². The van der Waals surface area contributed by atoms with Gasteiger partial charge in [0.1, 0.15) is 0 Å². The molecule has 0 saturated heterocycles. The van der Waals surface area contributed by atoms with Crippen LogP contribution in [0.3, 0.4) is 0 Å². The van der Waals surface area contributed by atoms with Gasteiger partial charge in [0.25, 0.3) is 0 Å². The summed E-state index contributed by atoms with van der Waals surface area (Å²) in [6.07, 6.45) is 0.884. The zero-order valence-corrected chi connectivity index (χ0v) is 4.62. The van der Waals surface area contributed by atoms with E-state index in [0.717, 1.165) is 6.26 Å². The van der Waals surface area contributed by atoms with Crippen molar-refractivity contribution in [3.63, 3.8) is 0 Å². The van der Waals surface area contributed by atoms with Gasteiger partial charge < -0.3 is 5.73 Å². The molecule has 0 atom stereocenters. The first-order valence-electron chi connectivity index (χ1n) is 1.48. The Labute approximate surface area is 41.8 Å². The Kier molecular flexibility index (Phi) is 1.37. The molecule has 0 aromatic carbocycles.